The Bertz CT molecular complexity index is 3860. The van der Waals surface area contributed by atoms with Crippen LogP contribution in [0.1, 0.15) is 0 Å². The highest BCUT2D eigenvalue weighted by molar-refractivity contribution is 7.21. The van der Waals surface area contributed by atoms with Crippen molar-refractivity contribution < 1.29 is 0 Å². The van der Waals surface area contributed by atoms with Crippen LogP contribution in [0.5, 0.6) is 0 Å². The molecule has 13 rings (SSSR count). The van der Waals surface area contributed by atoms with Crippen LogP contribution < -0.4 is 0 Å². The second-order valence-corrected chi connectivity index (χ2v) is 17.3. The molecule has 0 amide bonds. The molecule has 0 fully saturated rings. The fraction of sp³-hybridized carbons (Fsp3) is 0. The zero-order valence-electron chi connectivity index (χ0n) is 34.9. The molecule has 9 aromatic carbocycles. The van der Waals surface area contributed by atoms with Gasteiger partial charge < -0.3 is 9.13 Å². The molecule has 13 aromatic rings. The summed E-state index contributed by atoms with van der Waals surface area (Å²) in [4.78, 5) is 20.0. The molecule has 0 spiro atoms. The molecule has 4 heterocycles. The van der Waals surface area contributed by atoms with E-state index in [9.17, 15) is 0 Å². The Morgan fingerprint density at radius 2 is 0.723 bits per heavy atom. The summed E-state index contributed by atoms with van der Waals surface area (Å²) >= 11 is 1.75. The van der Waals surface area contributed by atoms with Gasteiger partial charge in [0.05, 0.1) is 32.3 Å². The van der Waals surface area contributed by atoms with Gasteiger partial charge in [0.1, 0.15) is 5.01 Å². The molecule has 0 aliphatic heterocycles. The average Bonchev–Trinajstić information content (AvgIpc) is 4.06. The summed E-state index contributed by atoms with van der Waals surface area (Å²) in [6, 6.07) is 77.0. The van der Waals surface area contributed by atoms with E-state index in [1.54, 1.807) is 11.3 Å². The number of aromatic nitrogens is 6. The molecule has 0 atom stereocenters. The van der Waals surface area contributed by atoms with Crippen LogP contribution in [0.4, 0.5) is 0 Å². The average molecular weight is 849 g/mol. The van der Waals surface area contributed by atoms with Crippen molar-refractivity contribution in [2.75, 3.05) is 0 Å². The minimum Gasteiger partial charge on any atom is -0.309 e. The smallest absolute Gasteiger partial charge is 0.164 e. The van der Waals surface area contributed by atoms with E-state index in [-0.39, 0.29) is 0 Å². The molecule has 0 radical (unpaired) electrons. The molecular formula is C58H36N6S. The lowest BCUT2D eigenvalue weighted by atomic mass is 10.0. The Balaban J connectivity index is 0.918. The van der Waals surface area contributed by atoms with E-state index >= 15 is 0 Å². The van der Waals surface area contributed by atoms with Crippen LogP contribution in [0.3, 0.4) is 0 Å². The molecule has 4 aromatic heterocycles. The Hall–Kier alpha value is -8.52. The molecule has 304 valence electrons. The van der Waals surface area contributed by atoms with Gasteiger partial charge in [-0.3, -0.25) is 0 Å². The lowest BCUT2D eigenvalue weighted by molar-refractivity contribution is 1.07. The molecule has 0 saturated carbocycles. The van der Waals surface area contributed by atoms with Gasteiger partial charge >= 0.3 is 0 Å². The lowest BCUT2D eigenvalue weighted by Gasteiger charge is -2.11. The Morgan fingerprint density at radius 1 is 0.292 bits per heavy atom. The molecule has 0 bridgehead atoms. The Kier molecular flexibility index (Phi) is 8.60. The topological polar surface area (TPSA) is 61.4 Å². The summed E-state index contributed by atoms with van der Waals surface area (Å²) in [5.74, 6) is 1.92. The lowest BCUT2D eigenvalue weighted by Crippen LogP contribution is -2.00. The van der Waals surface area contributed by atoms with Crippen molar-refractivity contribution in [1.29, 1.82) is 0 Å². The summed E-state index contributed by atoms with van der Waals surface area (Å²) in [7, 11) is 0. The van der Waals surface area contributed by atoms with E-state index in [0.717, 1.165) is 60.7 Å². The summed E-state index contributed by atoms with van der Waals surface area (Å²) in [6.07, 6.45) is 0. The fourth-order valence-electron chi connectivity index (χ4n) is 9.31. The third-order valence-electron chi connectivity index (χ3n) is 12.4. The van der Waals surface area contributed by atoms with Gasteiger partial charge in [-0.25, -0.2) is 19.9 Å². The third kappa shape index (κ3) is 6.32. The highest BCUT2D eigenvalue weighted by Gasteiger charge is 2.19. The van der Waals surface area contributed by atoms with Crippen molar-refractivity contribution in [2.24, 2.45) is 0 Å². The van der Waals surface area contributed by atoms with E-state index in [1.807, 2.05) is 60.7 Å². The largest absolute Gasteiger partial charge is 0.309 e. The van der Waals surface area contributed by atoms with Crippen LogP contribution in [-0.2, 0) is 0 Å². The zero-order chi connectivity index (χ0) is 42.8. The van der Waals surface area contributed by atoms with Gasteiger partial charge in [-0.15, -0.1) is 11.3 Å². The number of nitrogens with zero attached hydrogens (tertiary/aromatic N) is 6. The monoisotopic (exact) mass is 848 g/mol. The molecule has 0 unspecified atom stereocenters. The third-order valence-corrected chi connectivity index (χ3v) is 13.5. The fourth-order valence-corrected chi connectivity index (χ4v) is 10.3. The normalized spacial score (nSPS) is 11.7. The van der Waals surface area contributed by atoms with E-state index in [1.165, 1.54) is 42.9 Å². The van der Waals surface area contributed by atoms with E-state index in [4.69, 9.17) is 19.9 Å². The highest BCUT2D eigenvalue weighted by Crippen LogP contribution is 2.41. The summed E-state index contributed by atoms with van der Waals surface area (Å²) in [5, 5.41) is 5.86. The Labute approximate surface area is 378 Å². The van der Waals surface area contributed by atoms with Crippen molar-refractivity contribution >= 4 is 65.2 Å². The molecule has 6 nitrogen and oxygen atoms in total. The number of hydrogen-bond acceptors (Lipinski definition) is 5. The SMILES string of the molecule is c1ccc(-c2nc(-c3ccccc3)nc(-c3ccc(-n4c5ccccc5c5cc(-c6ccc7c(c6)c6cc8sc(-c9ccccc9)nc8cc6n7-c6ccccc6)ccc54)cc3)n2)cc1. The van der Waals surface area contributed by atoms with Gasteiger partial charge in [0.15, 0.2) is 17.5 Å². The highest BCUT2D eigenvalue weighted by atomic mass is 32.1. The van der Waals surface area contributed by atoms with E-state index in [0.29, 0.717) is 17.5 Å². The first kappa shape index (κ1) is 37.1. The summed E-state index contributed by atoms with van der Waals surface area (Å²) in [6.45, 7) is 0. The van der Waals surface area contributed by atoms with Crippen molar-refractivity contribution in [3.05, 3.63) is 218 Å². The Morgan fingerprint density at radius 3 is 1.32 bits per heavy atom. The minimum absolute atomic E-state index is 0.633. The van der Waals surface area contributed by atoms with Crippen LogP contribution >= 0.6 is 11.3 Å². The van der Waals surface area contributed by atoms with Crippen LogP contribution in [0.15, 0.2) is 218 Å². The van der Waals surface area contributed by atoms with Gasteiger partial charge in [-0.2, -0.15) is 0 Å². The molecular weight excluding hydrogens is 813 g/mol. The van der Waals surface area contributed by atoms with Crippen molar-refractivity contribution in [3.63, 3.8) is 0 Å². The molecule has 0 N–H and O–H groups in total. The first-order valence-electron chi connectivity index (χ1n) is 21.7. The van der Waals surface area contributed by atoms with Gasteiger partial charge in [0.25, 0.3) is 0 Å². The quantitative estimate of drug-likeness (QED) is 0.160. The maximum absolute atomic E-state index is 5.12. The van der Waals surface area contributed by atoms with Crippen LogP contribution in [0, 0.1) is 0 Å². The van der Waals surface area contributed by atoms with E-state index < -0.39 is 0 Å². The standard InChI is InChI=1S/C58H36N6S/c1-5-15-37(16-6-1)55-60-56(38-17-7-2-8-18-38)62-57(61-55)39-25-29-44(30-26-39)63-50-24-14-13-23-45(50)46-33-41(27-31-51(46)63)42-28-32-52-47(34-42)48-35-54-49(59-58(65-54)40-19-9-3-10-20-40)36-53(48)64(52)43-21-11-4-12-22-43/h1-36H. The van der Waals surface area contributed by atoms with Crippen molar-refractivity contribution in [1.82, 2.24) is 29.1 Å². The number of fused-ring (bicyclic) bond motifs is 7. The molecule has 0 saturated heterocycles. The number of rotatable bonds is 7. The first-order valence-corrected chi connectivity index (χ1v) is 22.5. The molecule has 0 aliphatic carbocycles. The number of thiazole rings is 1. The van der Waals surface area contributed by atoms with Crippen molar-refractivity contribution in [2.45, 2.75) is 0 Å². The summed E-state index contributed by atoms with van der Waals surface area (Å²) < 4.78 is 5.91. The predicted molar refractivity (Wildman–Crippen MR) is 269 cm³/mol. The predicted octanol–water partition coefficient (Wildman–Crippen LogP) is 15.0. The second-order valence-electron chi connectivity index (χ2n) is 16.3. The van der Waals surface area contributed by atoms with Gasteiger partial charge in [-0.05, 0) is 90.0 Å². The van der Waals surface area contributed by atoms with E-state index in [2.05, 4.69) is 167 Å². The maximum Gasteiger partial charge on any atom is 0.164 e. The second kappa shape index (κ2) is 15.1. The number of benzene rings is 9. The zero-order valence-corrected chi connectivity index (χ0v) is 35.7. The van der Waals surface area contributed by atoms with Crippen molar-refractivity contribution in [3.8, 4) is 67.2 Å². The first-order chi connectivity index (χ1) is 32.2. The van der Waals surface area contributed by atoms with Gasteiger partial charge in [-0.1, -0.05) is 140 Å². The minimum atomic E-state index is 0.633. The van der Waals surface area contributed by atoms with Crippen LogP contribution in [0.2, 0.25) is 0 Å². The van der Waals surface area contributed by atoms with Gasteiger partial charge in [0.2, 0.25) is 0 Å². The maximum atomic E-state index is 5.12. The van der Waals surface area contributed by atoms with Gasteiger partial charge in [0, 0.05) is 55.2 Å². The number of para-hydroxylation sites is 2. The molecule has 0 aliphatic rings. The van der Waals surface area contributed by atoms with Crippen LogP contribution in [0.25, 0.3) is 121 Å². The molecule has 7 heteroatoms. The number of hydrogen-bond donors (Lipinski definition) is 0. The molecule has 65 heavy (non-hydrogen) atoms. The summed E-state index contributed by atoms with van der Waals surface area (Å²) in [5.41, 5.74) is 14.1. The van der Waals surface area contributed by atoms with Crippen LogP contribution in [-0.4, -0.2) is 29.1 Å².